The number of halogens is 1. The third kappa shape index (κ3) is 3.99. The van der Waals surface area contributed by atoms with Crippen LogP contribution in [0.2, 0.25) is 0 Å². The van der Waals surface area contributed by atoms with Gasteiger partial charge in [0.05, 0.1) is 12.8 Å². The molecule has 0 bridgehead atoms. The fraction of sp³-hybridized carbons (Fsp3) is 0.333. The molecule has 25 heavy (non-hydrogen) atoms. The van der Waals surface area contributed by atoms with E-state index in [1.165, 1.54) is 19.2 Å². The maximum absolute atomic E-state index is 13.3. The first-order chi connectivity index (χ1) is 12.1. The number of benzene rings is 1. The first-order valence-electron chi connectivity index (χ1n) is 8.14. The Morgan fingerprint density at radius 1 is 1.20 bits per heavy atom. The fourth-order valence-electron chi connectivity index (χ4n) is 2.89. The highest BCUT2D eigenvalue weighted by Crippen LogP contribution is 2.29. The molecule has 0 spiro atoms. The molecule has 0 saturated carbocycles. The molecule has 1 aromatic heterocycles. The van der Waals surface area contributed by atoms with Gasteiger partial charge in [-0.1, -0.05) is 0 Å². The topological polar surface area (TPSA) is 57.7 Å². The van der Waals surface area contributed by atoms with E-state index >= 15 is 0 Å². The summed E-state index contributed by atoms with van der Waals surface area (Å²) in [5.74, 6) is 0.177. The molecule has 1 fully saturated rings. The van der Waals surface area contributed by atoms with Crippen LogP contribution in [0.3, 0.4) is 0 Å². The van der Waals surface area contributed by atoms with Gasteiger partial charge in [-0.25, -0.2) is 9.18 Å². The van der Waals surface area contributed by atoms with E-state index in [2.05, 4.69) is 15.2 Å². The Morgan fingerprint density at radius 3 is 2.64 bits per heavy atom. The summed E-state index contributed by atoms with van der Waals surface area (Å²) < 4.78 is 18.6. The highest BCUT2D eigenvalue weighted by atomic mass is 19.1. The average molecular weight is 344 g/mol. The molecular formula is C18H21FN4O2. The number of carbonyl (C=O) groups is 1. The number of hydrogen-bond donors (Lipinski definition) is 1. The number of ether oxygens (including phenoxy) is 1. The largest absolute Gasteiger partial charge is 0.494 e. The minimum Gasteiger partial charge on any atom is -0.494 e. The van der Waals surface area contributed by atoms with Crippen molar-refractivity contribution in [1.82, 2.24) is 9.88 Å². The number of methoxy groups -OCH3 is 1. The van der Waals surface area contributed by atoms with Gasteiger partial charge in [0, 0.05) is 49.8 Å². The number of urea groups is 1. The van der Waals surface area contributed by atoms with Crippen molar-refractivity contribution in [2.45, 2.75) is 6.92 Å². The van der Waals surface area contributed by atoms with E-state index < -0.39 is 0 Å². The van der Waals surface area contributed by atoms with Gasteiger partial charge >= 0.3 is 6.03 Å². The SMILES string of the molecule is COc1cc(F)ccc1N1CCN(C(=O)Nc2ccnc(C)c2)CC1. The van der Waals surface area contributed by atoms with Crippen LogP contribution in [0.25, 0.3) is 0 Å². The summed E-state index contributed by atoms with van der Waals surface area (Å²) in [5.41, 5.74) is 2.43. The molecule has 132 valence electrons. The summed E-state index contributed by atoms with van der Waals surface area (Å²) in [6.07, 6.45) is 1.67. The molecule has 1 saturated heterocycles. The molecule has 2 aromatic rings. The fourth-order valence-corrected chi connectivity index (χ4v) is 2.89. The van der Waals surface area contributed by atoms with Crippen LogP contribution in [0.15, 0.2) is 36.5 Å². The van der Waals surface area contributed by atoms with Crippen molar-refractivity contribution < 1.29 is 13.9 Å². The second-order valence-corrected chi connectivity index (χ2v) is 5.91. The number of aryl methyl sites for hydroxylation is 1. The summed E-state index contributed by atoms with van der Waals surface area (Å²) >= 11 is 0. The van der Waals surface area contributed by atoms with Crippen LogP contribution in [0.1, 0.15) is 5.69 Å². The number of amides is 2. The maximum Gasteiger partial charge on any atom is 0.321 e. The molecule has 7 heteroatoms. The lowest BCUT2D eigenvalue weighted by atomic mass is 10.2. The molecule has 3 rings (SSSR count). The molecule has 0 radical (unpaired) electrons. The van der Waals surface area contributed by atoms with Gasteiger partial charge in [-0.3, -0.25) is 4.98 Å². The van der Waals surface area contributed by atoms with Crippen LogP contribution in [-0.4, -0.2) is 49.2 Å². The number of carbonyl (C=O) groups excluding carboxylic acids is 1. The number of pyridine rings is 1. The van der Waals surface area contributed by atoms with Gasteiger partial charge in [-0.2, -0.15) is 0 Å². The molecule has 2 amide bonds. The lowest BCUT2D eigenvalue weighted by molar-refractivity contribution is 0.208. The van der Waals surface area contributed by atoms with Gasteiger partial charge in [0.2, 0.25) is 0 Å². The molecule has 0 aliphatic carbocycles. The zero-order valence-electron chi connectivity index (χ0n) is 14.3. The van der Waals surface area contributed by atoms with Gasteiger partial charge in [0.25, 0.3) is 0 Å². The van der Waals surface area contributed by atoms with E-state index in [4.69, 9.17) is 4.74 Å². The standard InChI is InChI=1S/C18H21FN4O2/c1-13-11-15(5-6-20-13)21-18(24)23-9-7-22(8-10-23)16-4-3-14(19)12-17(16)25-2/h3-6,11-12H,7-10H2,1-2H3,(H,20,21,24). The highest BCUT2D eigenvalue weighted by Gasteiger charge is 2.23. The van der Waals surface area contributed by atoms with Gasteiger partial charge < -0.3 is 19.9 Å². The Morgan fingerprint density at radius 2 is 1.96 bits per heavy atom. The number of anilines is 2. The van der Waals surface area contributed by atoms with Gasteiger partial charge in [0.15, 0.2) is 0 Å². The van der Waals surface area contributed by atoms with E-state index in [0.717, 1.165) is 17.1 Å². The summed E-state index contributed by atoms with van der Waals surface area (Å²) in [5, 5.41) is 2.89. The van der Waals surface area contributed by atoms with Crippen LogP contribution in [-0.2, 0) is 0 Å². The van der Waals surface area contributed by atoms with E-state index in [1.807, 2.05) is 13.0 Å². The number of nitrogens with one attached hydrogen (secondary N) is 1. The zero-order chi connectivity index (χ0) is 17.8. The summed E-state index contributed by atoms with van der Waals surface area (Å²) in [4.78, 5) is 20.4. The summed E-state index contributed by atoms with van der Waals surface area (Å²) in [7, 11) is 1.53. The number of rotatable bonds is 3. The third-order valence-corrected chi connectivity index (χ3v) is 4.20. The average Bonchev–Trinajstić information content (AvgIpc) is 2.61. The Balaban J connectivity index is 1.61. The number of nitrogens with zero attached hydrogens (tertiary/aromatic N) is 3. The molecule has 0 unspecified atom stereocenters. The molecule has 6 nitrogen and oxygen atoms in total. The number of piperazine rings is 1. The van der Waals surface area contributed by atoms with E-state index in [-0.39, 0.29) is 11.8 Å². The summed E-state index contributed by atoms with van der Waals surface area (Å²) in [6.45, 7) is 4.35. The minimum atomic E-state index is -0.328. The van der Waals surface area contributed by atoms with Gasteiger partial charge in [-0.05, 0) is 31.2 Å². The van der Waals surface area contributed by atoms with Crippen molar-refractivity contribution in [1.29, 1.82) is 0 Å². The number of aromatic nitrogens is 1. The smallest absolute Gasteiger partial charge is 0.321 e. The molecule has 1 N–H and O–H groups in total. The Kier molecular flexibility index (Phi) is 5.02. The first-order valence-corrected chi connectivity index (χ1v) is 8.14. The van der Waals surface area contributed by atoms with Crippen LogP contribution in [0.4, 0.5) is 20.6 Å². The highest BCUT2D eigenvalue weighted by molar-refractivity contribution is 5.89. The van der Waals surface area contributed by atoms with Gasteiger partial charge in [0.1, 0.15) is 11.6 Å². The Labute approximate surface area is 146 Å². The zero-order valence-corrected chi connectivity index (χ0v) is 14.3. The van der Waals surface area contributed by atoms with Crippen molar-refractivity contribution in [2.24, 2.45) is 0 Å². The quantitative estimate of drug-likeness (QED) is 0.930. The predicted molar refractivity (Wildman–Crippen MR) is 94.7 cm³/mol. The van der Waals surface area contributed by atoms with Crippen molar-refractivity contribution in [3.63, 3.8) is 0 Å². The summed E-state index contributed by atoms with van der Waals surface area (Å²) in [6, 6.07) is 7.98. The molecule has 1 aromatic carbocycles. The van der Waals surface area contributed by atoms with Crippen molar-refractivity contribution in [2.75, 3.05) is 43.5 Å². The van der Waals surface area contributed by atoms with Crippen LogP contribution in [0.5, 0.6) is 5.75 Å². The van der Waals surface area contributed by atoms with E-state index in [0.29, 0.717) is 31.9 Å². The molecule has 2 heterocycles. The van der Waals surface area contributed by atoms with E-state index in [1.54, 1.807) is 23.2 Å². The van der Waals surface area contributed by atoms with Gasteiger partial charge in [-0.15, -0.1) is 0 Å². The Bertz CT molecular complexity index is 760. The molecule has 0 atom stereocenters. The van der Waals surface area contributed by atoms with Crippen LogP contribution >= 0.6 is 0 Å². The van der Waals surface area contributed by atoms with Crippen molar-refractivity contribution >= 4 is 17.4 Å². The maximum atomic E-state index is 13.3. The van der Waals surface area contributed by atoms with Crippen molar-refractivity contribution in [3.8, 4) is 5.75 Å². The first kappa shape index (κ1) is 17.0. The monoisotopic (exact) mass is 344 g/mol. The number of hydrogen-bond acceptors (Lipinski definition) is 4. The van der Waals surface area contributed by atoms with Crippen molar-refractivity contribution in [3.05, 3.63) is 48.0 Å². The lowest BCUT2D eigenvalue weighted by Crippen LogP contribution is -2.50. The lowest BCUT2D eigenvalue weighted by Gasteiger charge is -2.36. The Hall–Kier alpha value is -2.83. The van der Waals surface area contributed by atoms with E-state index in [9.17, 15) is 9.18 Å². The second kappa shape index (κ2) is 7.38. The van der Waals surface area contributed by atoms with Crippen LogP contribution < -0.4 is 15.0 Å². The normalized spacial score (nSPS) is 14.4. The minimum absolute atomic E-state index is 0.128. The molecular weight excluding hydrogens is 323 g/mol. The second-order valence-electron chi connectivity index (χ2n) is 5.91. The predicted octanol–water partition coefficient (Wildman–Crippen LogP) is 2.89. The molecule has 1 aliphatic heterocycles. The van der Waals surface area contributed by atoms with Crippen LogP contribution in [0, 0.1) is 12.7 Å². The third-order valence-electron chi connectivity index (χ3n) is 4.20. The molecule has 1 aliphatic rings.